The molecule has 2 aliphatic rings. The number of thiophene rings is 1. The summed E-state index contributed by atoms with van der Waals surface area (Å²) in [7, 11) is 1.76. The second-order valence-electron chi connectivity index (χ2n) is 6.22. The molecule has 1 aromatic rings. The molecule has 4 nitrogen and oxygen atoms in total. The van der Waals surface area contributed by atoms with Crippen molar-refractivity contribution in [2.75, 3.05) is 39.9 Å². The number of carbonyl (C=O) groups excluding carboxylic acids is 1. The first-order chi connectivity index (χ1) is 10.2. The highest BCUT2D eigenvalue weighted by molar-refractivity contribution is 7.09. The number of amides is 1. The quantitative estimate of drug-likeness (QED) is 0.771. The van der Waals surface area contributed by atoms with E-state index in [1.54, 1.807) is 14.0 Å². The van der Waals surface area contributed by atoms with Gasteiger partial charge in [-0.1, -0.05) is 6.07 Å². The van der Waals surface area contributed by atoms with Crippen molar-refractivity contribution in [2.45, 2.75) is 13.5 Å². The van der Waals surface area contributed by atoms with Gasteiger partial charge in [0.1, 0.15) is 0 Å². The predicted molar refractivity (Wildman–Crippen MR) is 84.2 cm³/mol. The van der Waals surface area contributed by atoms with Crippen LogP contribution in [-0.2, 0) is 16.1 Å². The maximum absolute atomic E-state index is 11.4. The molecule has 116 valence electrons. The van der Waals surface area contributed by atoms with Crippen LogP contribution in [0.25, 0.3) is 0 Å². The number of ether oxygens (including phenoxy) is 1. The Balaban J connectivity index is 1.51. The largest absolute Gasteiger partial charge is 0.383 e. The minimum Gasteiger partial charge on any atom is -0.383 e. The molecule has 2 fully saturated rings. The van der Waals surface area contributed by atoms with Crippen LogP contribution in [0.1, 0.15) is 11.8 Å². The molecule has 1 aliphatic carbocycles. The molecule has 1 amide bonds. The molecule has 1 unspecified atom stereocenters. The summed E-state index contributed by atoms with van der Waals surface area (Å²) in [6.45, 7) is 7.56. The summed E-state index contributed by atoms with van der Waals surface area (Å²) in [5, 5.41) is 2.14. The number of nitrogens with zero attached hydrogens (tertiary/aromatic N) is 2. The van der Waals surface area contributed by atoms with E-state index in [-0.39, 0.29) is 5.91 Å². The standard InChI is InChI=1S/C16H24N2O2S/c1-12(19)18-10-15-14(16(15)11-18)9-17(5-6-20-2)8-13-4-3-7-21-13/h3-4,7,14-16H,5-6,8-11H2,1-2H3/t14?,15-,16+. The van der Waals surface area contributed by atoms with Gasteiger partial charge in [-0.3, -0.25) is 9.69 Å². The van der Waals surface area contributed by atoms with E-state index in [0.717, 1.165) is 57.1 Å². The lowest BCUT2D eigenvalue weighted by Crippen LogP contribution is -2.34. The minimum absolute atomic E-state index is 0.232. The summed E-state index contributed by atoms with van der Waals surface area (Å²) in [4.78, 5) is 17.3. The van der Waals surface area contributed by atoms with Gasteiger partial charge < -0.3 is 9.64 Å². The van der Waals surface area contributed by atoms with Crippen LogP contribution in [0.3, 0.4) is 0 Å². The number of hydrogen-bond acceptors (Lipinski definition) is 4. The lowest BCUT2D eigenvalue weighted by atomic mass is 10.2. The predicted octanol–water partition coefficient (Wildman–Crippen LogP) is 1.92. The van der Waals surface area contributed by atoms with Crippen molar-refractivity contribution in [3.05, 3.63) is 22.4 Å². The highest BCUT2D eigenvalue weighted by atomic mass is 32.1. The molecule has 3 atom stereocenters. The normalized spacial score (nSPS) is 27.2. The van der Waals surface area contributed by atoms with Crippen molar-refractivity contribution in [1.82, 2.24) is 9.80 Å². The molecular formula is C16H24N2O2S. The zero-order valence-corrected chi connectivity index (χ0v) is 13.6. The fraction of sp³-hybridized carbons (Fsp3) is 0.688. The molecule has 2 heterocycles. The summed E-state index contributed by atoms with van der Waals surface area (Å²) in [6.07, 6.45) is 0. The van der Waals surface area contributed by atoms with E-state index < -0.39 is 0 Å². The second kappa shape index (κ2) is 6.46. The third kappa shape index (κ3) is 3.47. The highest BCUT2D eigenvalue weighted by Crippen LogP contribution is 2.52. The Morgan fingerprint density at radius 1 is 1.48 bits per heavy atom. The van der Waals surface area contributed by atoms with Gasteiger partial charge in [-0.2, -0.15) is 0 Å². The zero-order chi connectivity index (χ0) is 14.8. The van der Waals surface area contributed by atoms with Gasteiger partial charge >= 0.3 is 0 Å². The van der Waals surface area contributed by atoms with Crippen LogP contribution in [0.5, 0.6) is 0 Å². The summed E-state index contributed by atoms with van der Waals surface area (Å²) >= 11 is 1.82. The van der Waals surface area contributed by atoms with E-state index >= 15 is 0 Å². The summed E-state index contributed by atoms with van der Waals surface area (Å²) in [5.74, 6) is 2.48. The van der Waals surface area contributed by atoms with Crippen LogP contribution in [0.4, 0.5) is 0 Å². The van der Waals surface area contributed by atoms with Gasteiger partial charge in [-0.15, -0.1) is 11.3 Å². The van der Waals surface area contributed by atoms with Crippen molar-refractivity contribution in [3.63, 3.8) is 0 Å². The fourth-order valence-electron chi connectivity index (χ4n) is 3.55. The summed E-state index contributed by atoms with van der Waals surface area (Å²) < 4.78 is 5.24. The van der Waals surface area contributed by atoms with Crippen LogP contribution in [0.15, 0.2) is 17.5 Å². The molecule has 0 bridgehead atoms. The Labute approximate surface area is 130 Å². The topological polar surface area (TPSA) is 32.8 Å². The molecule has 1 saturated carbocycles. The van der Waals surface area contributed by atoms with E-state index in [2.05, 4.69) is 22.4 Å². The van der Waals surface area contributed by atoms with Crippen molar-refractivity contribution in [1.29, 1.82) is 0 Å². The Morgan fingerprint density at radius 3 is 2.81 bits per heavy atom. The van der Waals surface area contributed by atoms with Gasteiger partial charge in [0.25, 0.3) is 0 Å². The average molecular weight is 308 g/mol. The molecular weight excluding hydrogens is 284 g/mol. The lowest BCUT2D eigenvalue weighted by Gasteiger charge is -2.24. The number of carbonyl (C=O) groups is 1. The smallest absolute Gasteiger partial charge is 0.219 e. The molecule has 3 rings (SSSR count). The van der Waals surface area contributed by atoms with Gasteiger partial charge in [-0.25, -0.2) is 0 Å². The van der Waals surface area contributed by atoms with Gasteiger partial charge in [0, 0.05) is 51.6 Å². The summed E-state index contributed by atoms with van der Waals surface area (Å²) in [6, 6.07) is 4.32. The molecule has 0 aromatic carbocycles. The van der Waals surface area contributed by atoms with E-state index in [4.69, 9.17) is 4.74 Å². The lowest BCUT2D eigenvalue weighted by molar-refractivity contribution is -0.128. The van der Waals surface area contributed by atoms with Crippen LogP contribution < -0.4 is 0 Å². The number of rotatable bonds is 7. The molecule has 1 aromatic heterocycles. The minimum atomic E-state index is 0.232. The van der Waals surface area contributed by atoms with Crippen molar-refractivity contribution in [3.8, 4) is 0 Å². The molecule has 0 radical (unpaired) electrons. The summed E-state index contributed by atoms with van der Waals surface area (Å²) in [5.41, 5.74) is 0. The number of piperidine rings is 1. The van der Waals surface area contributed by atoms with Crippen LogP contribution in [0.2, 0.25) is 0 Å². The van der Waals surface area contributed by atoms with Gasteiger partial charge in [-0.05, 0) is 29.2 Å². The van der Waals surface area contributed by atoms with Gasteiger partial charge in [0.05, 0.1) is 6.61 Å². The van der Waals surface area contributed by atoms with Gasteiger partial charge in [0.2, 0.25) is 5.91 Å². The number of fused-ring (bicyclic) bond motifs is 1. The molecule has 0 spiro atoms. The zero-order valence-electron chi connectivity index (χ0n) is 12.8. The highest BCUT2D eigenvalue weighted by Gasteiger charge is 2.56. The fourth-order valence-corrected chi connectivity index (χ4v) is 4.30. The van der Waals surface area contributed by atoms with Crippen LogP contribution >= 0.6 is 11.3 Å². The Hall–Kier alpha value is -0.910. The number of hydrogen-bond donors (Lipinski definition) is 0. The maximum atomic E-state index is 11.4. The Bertz CT molecular complexity index is 465. The van der Waals surface area contributed by atoms with Crippen LogP contribution in [0, 0.1) is 17.8 Å². The monoisotopic (exact) mass is 308 g/mol. The molecule has 21 heavy (non-hydrogen) atoms. The average Bonchev–Trinajstić information content (AvgIpc) is 2.92. The SMILES string of the molecule is COCCN(Cc1cccs1)CC1[C@H]2CN(C(C)=O)C[C@@H]12. The molecule has 1 saturated heterocycles. The first kappa shape index (κ1) is 15.0. The number of methoxy groups -OCH3 is 1. The van der Waals surface area contributed by atoms with Crippen molar-refractivity contribution < 1.29 is 9.53 Å². The van der Waals surface area contributed by atoms with Crippen molar-refractivity contribution >= 4 is 17.2 Å². The van der Waals surface area contributed by atoms with Crippen molar-refractivity contribution in [2.24, 2.45) is 17.8 Å². The van der Waals surface area contributed by atoms with Gasteiger partial charge in [0.15, 0.2) is 0 Å². The molecule has 1 aliphatic heterocycles. The second-order valence-corrected chi connectivity index (χ2v) is 7.26. The Kier molecular flexibility index (Phi) is 4.62. The first-order valence-electron chi connectivity index (χ1n) is 7.68. The third-order valence-electron chi connectivity index (χ3n) is 4.86. The van der Waals surface area contributed by atoms with E-state index in [1.165, 1.54) is 4.88 Å². The molecule has 5 heteroatoms. The first-order valence-corrected chi connectivity index (χ1v) is 8.56. The van der Waals surface area contributed by atoms with E-state index in [9.17, 15) is 4.79 Å². The third-order valence-corrected chi connectivity index (χ3v) is 5.72. The van der Waals surface area contributed by atoms with E-state index in [1.807, 2.05) is 16.2 Å². The number of likely N-dealkylation sites (tertiary alicyclic amines) is 1. The maximum Gasteiger partial charge on any atom is 0.219 e. The molecule has 0 N–H and O–H groups in total. The Morgan fingerprint density at radius 2 is 2.24 bits per heavy atom. The van der Waals surface area contributed by atoms with E-state index in [0.29, 0.717) is 0 Å². The van der Waals surface area contributed by atoms with Crippen LogP contribution in [-0.4, -0.2) is 55.6 Å².